The fourth-order valence-corrected chi connectivity index (χ4v) is 2.23. The molecule has 1 aliphatic heterocycles. The maximum absolute atomic E-state index is 10.7. The number of halogens is 1. The summed E-state index contributed by atoms with van der Waals surface area (Å²) >= 11 is 5.68. The Hall–Kier alpha value is -0.620. The second-order valence-electron chi connectivity index (χ2n) is 3.11. The molecule has 1 fully saturated rings. The second kappa shape index (κ2) is 3.20. The van der Waals surface area contributed by atoms with E-state index in [1.807, 2.05) is 0 Å². The van der Waals surface area contributed by atoms with Crippen LogP contribution in [0.15, 0.2) is 24.3 Å². The van der Waals surface area contributed by atoms with E-state index in [9.17, 15) is 8.42 Å². The van der Waals surface area contributed by atoms with Gasteiger partial charge in [0.1, 0.15) is 0 Å². The molecule has 4 nitrogen and oxygen atoms in total. The molecule has 0 radical (unpaired) electrons. The molecule has 1 aromatic rings. The smallest absolute Gasteiger partial charge is 0.273 e. The Kier molecular flexibility index (Phi) is 2.27. The van der Waals surface area contributed by atoms with Crippen LogP contribution in [-0.4, -0.2) is 23.8 Å². The lowest BCUT2D eigenvalue weighted by Crippen LogP contribution is -2.09. The molecular formula is C8H8ClNO3S. The van der Waals surface area contributed by atoms with E-state index in [0.29, 0.717) is 11.6 Å². The molecule has 1 aliphatic rings. The highest BCUT2D eigenvalue weighted by molar-refractivity contribution is 7.83. The van der Waals surface area contributed by atoms with E-state index in [1.54, 1.807) is 24.3 Å². The summed E-state index contributed by atoms with van der Waals surface area (Å²) in [7, 11) is -4.04. The summed E-state index contributed by atoms with van der Waals surface area (Å²) in [5.41, 5.74) is 0.840. The molecule has 2 atom stereocenters. The standard InChI is InChI=1S/C8H8ClNO3S/c9-7-3-1-6(2-4-7)8-5-10(8)14(11,12)13/h1-4,8H,5H2,(H,11,12,13). The first kappa shape index (κ1) is 9.92. The molecule has 0 spiro atoms. The highest BCUT2D eigenvalue weighted by Gasteiger charge is 2.44. The molecule has 0 aliphatic carbocycles. The summed E-state index contributed by atoms with van der Waals surface area (Å²) in [6, 6.07) is 6.65. The van der Waals surface area contributed by atoms with Gasteiger partial charge in [0.25, 0.3) is 0 Å². The zero-order valence-corrected chi connectivity index (χ0v) is 8.66. The van der Waals surface area contributed by atoms with Crippen molar-refractivity contribution in [1.82, 2.24) is 4.31 Å². The quantitative estimate of drug-likeness (QED) is 0.622. The number of benzene rings is 1. The molecule has 2 unspecified atom stereocenters. The largest absolute Gasteiger partial charge is 0.336 e. The molecule has 1 N–H and O–H groups in total. The van der Waals surface area contributed by atoms with Gasteiger partial charge >= 0.3 is 10.3 Å². The minimum atomic E-state index is -4.04. The molecule has 0 bridgehead atoms. The highest BCUT2D eigenvalue weighted by atomic mass is 35.5. The van der Waals surface area contributed by atoms with Crippen molar-refractivity contribution in [3.63, 3.8) is 0 Å². The first-order chi connectivity index (χ1) is 6.48. The summed E-state index contributed by atoms with van der Waals surface area (Å²) in [5.74, 6) is 0. The summed E-state index contributed by atoms with van der Waals surface area (Å²) in [6.45, 7) is 0.334. The van der Waals surface area contributed by atoms with E-state index < -0.39 is 10.3 Å². The van der Waals surface area contributed by atoms with Gasteiger partial charge in [0.15, 0.2) is 0 Å². The predicted octanol–water partition coefficient (Wildman–Crippen LogP) is 1.50. The van der Waals surface area contributed by atoms with Crippen molar-refractivity contribution in [2.24, 2.45) is 0 Å². The third-order valence-electron chi connectivity index (χ3n) is 2.12. The Morgan fingerprint density at radius 2 is 1.93 bits per heavy atom. The van der Waals surface area contributed by atoms with Crippen LogP contribution < -0.4 is 0 Å². The van der Waals surface area contributed by atoms with Crippen molar-refractivity contribution in [1.29, 1.82) is 0 Å². The summed E-state index contributed by atoms with van der Waals surface area (Å²) < 4.78 is 31.1. The van der Waals surface area contributed by atoms with Crippen molar-refractivity contribution >= 4 is 21.9 Å². The van der Waals surface area contributed by atoms with Crippen LogP contribution in [0.3, 0.4) is 0 Å². The van der Waals surface area contributed by atoms with Crippen LogP contribution in [0.1, 0.15) is 11.6 Å². The SMILES string of the molecule is O=S(=O)(O)N1CC1c1ccc(Cl)cc1. The lowest BCUT2D eigenvalue weighted by Gasteiger charge is -1.99. The molecule has 1 aromatic carbocycles. The fraction of sp³-hybridized carbons (Fsp3) is 0.250. The van der Waals surface area contributed by atoms with Gasteiger partial charge in [-0.25, -0.2) is 0 Å². The minimum absolute atomic E-state index is 0.234. The number of hydrogen-bond donors (Lipinski definition) is 1. The predicted molar refractivity (Wildman–Crippen MR) is 52.4 cm³/mol. The highest BCUT2D eigenvalue weighted by Crippen LogP contribution is 2.37. The summed E-state index contributed by atoms with van der Waals surface area (Å²) in [6.07, 6.45) is 0. The molecule has 0 saturated carbocycles. The molecule has 2 rings (SSSR count). The average Bonchev–Trinajstić information content (AvgIpc) is 2.83. The third kappa shape index (κ3) is 1.90. The molecule has 0 amide bonds. The first-order valence-corrected chi connectivity index (χ1v) is 5.76. The van der Waals surface area contributed by atoms with E-state index in [-0.39, 0.29) is 6.04 Å². The van der Waals surface area contributed by atoms with Crippen molar-refractivity contribution in [2.75, 3.05) is 6.54 Å². The Morgan fingerprint density at radius 1 is 1.36 bits per heavy atom. The van der Waals surface area contributed by atoms with Crippen LogP contribution in [0.4, 0.5) is 0 Å². The van der Waals surface area contributed by atoms with E-state index in [0.717, 1.165) is 9.87 Å². The van der Waals surface area contributed by atoms with Crippen LogP contribution >= 0.6 is 11.6 Å². The van der Waals surface area contributed by atoms with Gasteiger partial charge in [-0.15, -0.1) is 0 Å². The van der Waals surface area contributed by atoms with Crippen LogP contribution in [-0.2, 0) is 10.3 Å². The summed E-state index contributed by atoms with van der Waals surface area (Å²) in [4.78, 5) is 0. The first-order valence-electron chi connectivity index (χ1n) is 3.98. The zero-order chi connectivity index (χ0) is 10.3. The van der Waals surface area contributed by atoms with Gasteiger partial charge in [0.2, 0.25) is 0 Å². The Labute approximate surface area is 87.0 Å². The average molecular weight is 234 g/mol. The van der Waals surface area contributed by atoms with E-state index in [4.69, 9.17) is 16.2 Å². The molecule has 76 valence electrons. The molecule has 14 heavy (non-hydrogen) atoms. The van der Waals surface area contributed by atoms with Crippen LogP contribution in [0.2, 0.25) is 5.02 Å². The van der Waals surface area contributed by atoms with Gasteiger partial charge in [-0.2, -0.15) is 12.7 Å². The van der Waals surface area contributed by atoms with Crippen molar-refractivity contribution in [3.8, 4) is 0 Å². The van der Waals surface area contributed by atoms with Gasteiger partial charge in [-0.1, -0.05) is 23.7 Å². The second-order valence-corrected chi connectivity index (χ2v) is 4.92. The topological polar surface area (TPSA) is 57.4 Å². The molecule has 0 aromatic heterocycles. The third-order valence-corrected chi connectivity index (χ3v) is 3.37. The van der Waals surface area contributed by atoms with Gasteiger partial charge in [-0.05, 0) is 17.7 Å². The number of hydrogen-bond acceptors (Lipinski definition) is 2. The van der Waals surface area contributed by atoms with Gasteiger partial charge in [0, 0.05) is 11.6 Å². The van der Waals surface area contributed by atoms with Crippen molar-refractivity contribution < 1.29 is 13.0 Å². The van der Waals surface area contributed by atoms with E-state index in [2.05, 4.69) is 0 Å². The normalized spacial score (nSPS) is 26.1. The summed E-state index contributed by atoms with van der Waals surface area (Å²) in [5, 5.41) is 0.604. The maximum Gasteiger partial charge on any atom is 0.336 e. The van der Waals surface area contributed by atoms with Crippen molar-refractivity contribution in [3.05, 3.63) is 34.9 Å². The van der Waals surface area contributed by atoms with Crippen molar-refractivity contribution in [2.45, 2.75) is 6.04 Å². The Balaban J connectivity index is 2.18. The lowest BCUT2D eigenvalue weighted by atomic mass is 10.2. The van der Waals surface area contributed by atoms with Gasteiger partial charge in [-0.3, -0.25) is 4.55 Å². The zero-order valence-electron chi connectivity index (χ0n) is 7.09. The number of rotatable bonds is 2. The van der Waals surface area contributed by atoms with E-state index >= 15 is 0 Å². The van der Waals surface area contributed by atoms with Crippen LogP contribution in [0, 0.1) is 0 Å². The monoisotopic (exact) mass is 233 g/mol. The Morgan fingerprint density at radius 3 is 2.36 bits per heavy atom. The van der Waals surface area contributed by atoms with Crippen LogP contribution in [0.25, 0.3) is 0 Å². The van der Waals surface area contributed by atoms with Gasteiger partial charge in [0.05, 0.1) is 6.04 Å². The van der Waals surface area contributed by atoms with Gasteiger partial charge < -0.3 is 0 Å². The molecule has 1 saturated heterocycles. The lowest BCUT2D eigenvalue weighted by molar-refractivity contribution is 0.441. The number of nitrogens with zero attached hydrogens (tertiary/aromatic N) is 1. The Bertz CT molecular complexity index is 442. The molecular weight excluding hydrogens is 226 g/mol. The maximum atomic E-state index is 10.7. The van der Waals surface area contributed by atoms with E-state index in [1.165, 1.54) is 0 Å². The molecule has 1 heterocycles. The minimum Gasteiger partial charge on any atom is -0.273 e. The fourth-order valence-electron chi connectivity index (χ4n) is 1.33. The van der Waals surface area contributed by atoms with Crippen LogP contribution in [0.5, 0.6) is 0 Å². The molecule has 6 heteroatoms.